The van der Waals surface area contributed by atoms with Gasteiger partial charge in [-0.25, -0.2) is 4.79 Å². The van der Waals surface area contributed by atoms with Crippen LogP contribution in [-0.4, -0.2) is 22.2 Å². The van der Waals surface area contributed by atoms with Gasteiger partial charge < -0.3 is 9.32 Å². The molecule has 21 heavy (non-hydrogen) atoms. The van der Waals surface area contributed by atoms with Crippen LogP contribution in [0.4, 0.5) is 5.69 Å². The fraction of sp³-hybridized carbons (Fsp3) is 0.400. The van der Waals surface area contributed by atoms with Crippen molar-refractivity contribution in [1.29, 1.82) is 0 Å². The van der Waals surface area contributed by atoms with Gasteiger partial charge in [0, 0.05) is 18.7 Å². The van der Waals surface area contributed by atoms with E-state index in [1.807, 2.05) is 37.3 Å². The lowest BCUT2D eigenvalue weighted by Crippen LogP contribution is -2.31. The molecular weight excluding hydrogens is 270 g/mol. The molecule has 1 aromatic carbocycles. The lowest BCUT2D eigenvalue weighted by atomic mass is 10.2. The molecule has 6 nitrogen and oxygen atoms in total. The Balaban J connectivity index is 1.85. The molecular formula is C15H17N3O3. The summed E-state index contributed by atoms with van der Waals surface area (Å²) in [5.41, 5.74) is 0.843. The largest absolute Gasteiger partial charge is 0.437 e. The minimum Gasteiger partial charge on any atom is -0.392 e. The topological polar surface area (TPSA) is 68.3 Å². The second-order valence-electron chi connectivity index (χ2n) is 5.09. The van der Waals surface area contributed by atoms with E-state index in [4.69, 9.17) is 4.42 Å². The molecule has 0 N–H and O–H groups in total. The van der Waals surface area contributed by atoms with Crippen LogP contribution >= 0.6 is 0 Å². The van der Waals surface area contributed by atoms with Crippen LogP contribution in [0.2, 0.25) is 0 Å². The SMILES string of the molecule is CCCc1nn([C@@H]2CCN(c3ccccc3)C2=O)c(=O)o1. The first-order chi connectivity index (χ1) is 10.2. The lowest BCUT2D eigenvalue weighted by molar-refractivity contribution is -0.120. The number of hydrogen-bond acceptors (Lipinski definition) is 4. The fourth-order valence-corrected chi connectivity index (χ4v) is 2.60. The number of para-hydroxylation sites is 1. The van der Waals surface area contributed by atoms with Crippen molar-refractivity contribution in [3.8, 4) is 0 Å². The maximum atomic E-state index is 12.5. The van der Waals surface area contributed by atoms with Crippen LogP contribution in [0.3, 0.4) is 0 Å². The molecule has 1 amide bonds. The van der Waals surface area contributed by atoms with E-state index in [9.17, 15) is 9.59 Å². The van der Waals surface area contributed by atoms with Gasteiger partial charge in [0.05, 0.1) is 0 Å². The number of anilines is 1. The van der Waals surface area contributed by atoms with Gasteiger partial charge in [-0.3, -0.25) is 4.79 Å². The third-order valence-corrected chi connectivity index (χ3v) is 3.62. The van der Waals surface area contributed by atoms with Gasteiger partial charge in [-0.1, -0.05) is 25.1 Å². The van der Waals surface area contributed by atoms with Gasteiger partial charge in [0.1, 0.15) is 6.04 Å². The second kappa shape index (κ2) is 5.55. The van der Waals surface area contributed by atoms with E-state index >= 15 is 0 Å². The molecule has 0 spiro atoms. The van der Waals surface area contributed by atoms with Crippen molar-refractivity contribution in [2.24, 2.45) is 0 Å². The first kappa shape index (κ1) is 13.6. The van der Waals surface area contributed by atoms with E-state index in [-0.39, 0.29) is 5.91 Å². The minimum absolute atomic E-state index is 0.111. The summed E-state index contributed by atoms with van der Waals surface area (Å²) in [5.74, 6) is -0.264. The van der Waals surface area contributed by atoms with Crippen LogP contribution in [0.1, 0.15) is 31.7 Å². The molecule has 0 aliphatic carbocycles. The summed E-state index contributed by atoms with van der Waals surface area (Å²) in [5, 5.41) is 4.15. The number of benzene rings is 1. The Morgan fingerprint density at radius 3 is 2.76 bits per heavy atom. The number of amides is 1. The normalized spacial score (nSPS) is 18.4. The summed E-state index contributed by atoms with van der Waals surface area (Å²) in [6.07, 6.45) is 2.01. The van der Waals surface area contributed by atoms with E-state index in [1.54, 1.807) is 4.90 Å². The Morgan fingerprint density at radius 1 is 1.29 bits per heavy atom. The zero-order chi connectivity index (χ0) is 14.8. The highest BCUT2D eigenvalue weighted by atomic mass is 16.4. The van der Waals surface area contributed by atoms with Crippen molar-refractivity contribution in [2.75, 3.05) is 11.4 Å². The molecule has 1 aliphatic heterocycles. The third kappa shape index (κ3) is 2.49. The smallest absolute Gasteiger partial charge is 0.392 e. The van der Waals surface area contributed by atoms with E-state index in [0.29, 0.717) is 25.3 Å². The van der Waals surface area contributed by atoms with Gasteiger partial charge in [-0.15, -0.1) is 5.10 Å². The molecule has 1 aliphatic rings. The molecule has 0 saturated carbocycles. The van der Waals surface area contributed by atoms with Gasteiger partial charge in [0.15, 0.2) is 0 Å². The van der Waals surface area contributed by atoms with Crippen molar-refractivity contribution >= 4 is 11.6 Å². The quantitative estimate of drug-likeness (QED) is 0.859. The zero-order valence-corrected chi connectivity index (χ0v) is 11.9. The number of carbonyl (C=O) groups is 1. The summed E-state index contributed by atoms with van der Waals surface area (Å²) < 4.78 is 6.27. The molecule has 2 aromatic rings. The number of rotatable bonds is 4. The number of hydrogen-bond donors (Lipinski definition) is 0. The highest BCUT2D eigenvalue weighted by Crippen LogP contribution is 2.27. The molecule has 1 atom stereocenters. The predicted octanol–water partition coefficient (Wildman–Crippen LogP) is 1.77. The molecule has 1 saturated heterocycles. The Bertz CT molecular complexity index is 690. The zero-order valence-electron chi connectivity index (χ0n) is 11.9. The summed E-state index contributed by atoms with van der Waals surface area (Å²) >= 11 is 0. The standard InChI is InChI=1S/C15H17N3O3/c1-2-6-13-16-18(15(20)21-13)12-9-10-17(14(12)19)11-7-4-3-5-8-11/h3-5,7-8,12H,2,6,9-10H2,1H3/t12-/m1/s1. The molecule has 0 radical (unpaired) electrons. The van der Waals surface area contributed by atoms with Crippen molar-refractivity contribution < 1.29 is 9.21 Å². The summed E-state index contributed by atoms with van der Waals surface area (Å²) in [4.78, 5) is 26.0. The average Bonchev–Trinajstić information content (AvgIpc) is 3.03. The Kier molecular flexibility index (Phi) is 3.60. The molecule has 1 aromatic heterocycles. The first-order valence-corrected chi connectivity index (χ1v) is 7.15. The van der Waals surface area contributed by atoms with Crippen LogP contribution in [0.15, 0.2) is 39.5 Å². The Labute approximate surface area is 122 Å². The van der Waals surface area contributed by atoms with Crippen LogP contribution in [-0.2, 0) is 11.2 Å². The second-order valence-corrected chi connectivity index (χ2v) is 5.09. The third-order valence-electron chi connectivity index (χ3n) is 3.62. The van der Waals surface area contributed by atoms with Crippen molar-refractivity contribution in [3.05, 3.63) is 46.8 Å². The van der Waals surface area contributed by atoms with Gasteiger partial charge in [-0.05, 0) is 25.0 Å². The van der Waals surface area contributed by atoms with Crippen molar-refractivity contribution in [1.82, 2.24) is 9.78 Å². The maximum Gasteiger partial charge on any atom is 0.437 e. The average molecular weight is 287 g/mol. The molecule has 110 valence electrons. The maximum absolute atomic E-state index is 12.5. The van der Waals surface area contributed by atoms with E-state index < -0.39 is 11.8 Å². The number of carbonyl (C=O) groups excluding carboxylic acids is 1. The summed E-state index contributed by atoms with van der Waals surface area (Å²) in [7, 11) is 0. The van der Waals surface area contributed by atoms with Crippen LogP contribution in [0, 0.1) is 0 Å². The van der Waals surface area contributed by atoms with Crippen molar-refractivity contribution in [3.63, 3.8) is 0 Å². The van der Waals surface area contributed by atoms with Gasteiger partial charge >= 0.3 is 5.76 Å². The van der Waals surface area contributed by atoms with Crippen LogP contribution in [0.5, 0.6) is 0 Å². The molecule has 3 rings (SSSR count). The molecule has 0 unspecified atom stereocenters. The highest BCUT2D eigenvalue weighted by Gasteiger charge is 2.36. The van der Waals surface area contributed by atoms with E-state index in [2.05, 4.69) is 5.10 Å². The van der Waals surface area contributed by atoms with Crippen LogP contribution in [0.25, 0.3) is 0 Å². The fourth-order valence-electron chi connectivity index (χ4n) is 2.60. The number of aryl methyl sites for hydroxylation is 1. The van der Waals surface area contributed by atoms with Crippen molar-refractivity contribution in [2.45, 2.75) is 32.2 Å². The Hall–Kier alpha value is -2.37. The minimum atomic E-state index is -0.563. The van der Waals surface area contributed by atoms with Gasteiger partial charge in [0.25, 0.3) is 5.91 Å². The summed E-state index contributed by atoms with van der Waals surface area (Å²) in [6.45, 7) is 2.56. The number of aromatic nitrogens is 2. The van der Waals surface area contributed by atoms with Gasteiger partial charge in [0.2, 0.25) is 5.89 Å². The number of nitrogens with zero attached hydrogens (tertiary/aromatic N) is 3. The Morgan fingerprint density at radius 2 is 2.05 bits per heavy atom. The molecule has 6 heteroatoms. The predicted molar refractivity (Wildman–Crippen MR) is 77.2 cm³/mol. The molecule has 0 bridgehead atoms. The summed E-state index contributed by atoms with van der Waals surface area (Å²) in [6, 6.07) is 8.88. The molecule has 1 fully saturated rings. The van der Waals surface area contributed by atoms with Crippen LogP contribution < -0.4 is 10.7 Å². The van der Waals surface area contributed by atoms with Gasteiger partial charge in [-0.2, -0.15) is 4.68 Å². The highest BCUT2D eigenvalue weighted by molar-refractivity contribution is 5.98. The van der Waals surface area contributed by atoms with E-state index in [1.165, 1.54) is 4.68 Å². The monoisotopic (exact) mass is 287 g/mol. The lowest BCUT2D eigenvalue weighted by Gasteiger charge is -2.16. The van der Waals surface area contributed by atoms with E-state index in [0.717, 1.165) is 12.1 Å². The first-order valence-electron chi connectivity index (χ1n) is 7.15. The molecule has 2 heterocycles.